The van der Waals surface area contributed by atoms with Crippen molar-refractivity contribution in [3.05, 3.63) is 58.1 Å². The summed E-state index contributed by atoms with van der Waals surface area (Å²) in [5, 5.41) is 2.70. The molecule has 0 unspecified atom stereocenters. The van der Waals surface area contributed by atoms with Crippen molar-refractivity contribution < 1.29 is 23.8 Å². The second kappa shape index (κ2) is 8.05. The van der Waals surface area contributed by atoms with Crippen molar-refractivity contribution in [2.75, 3.05) is 18.7 Å². The molecule has 0 radical (unpaired) electrons. The molecule has 1 aliphatic heterocycles. The lowest BCUT2D eigenvalue weighted by molar-refractivity contribution is -0.142. The van der Waals surface area contributed by atoms with Crippen molar-refractivity contribution >= 4 is 39.6 Å². The van der Waals surface area contributed by atoms with E-state index in [9.17, 15) is 9.59 Å². The van der Waals surface area contributed by atoms with Crippen molar-refractivity contribution in [3.63, 3.8) is 0 Å². The standard InChI is InChI=1S/C19H16BrNO5/c1-12-8-14(20)4-5-15(12)21-18(22)10-24-19(23)7-3-13-2-6-16-17(9-13)26-11-25-16/h2-9H,10-11H2,1H3,(H,21,22). The maximum atomic E-state index is 11.9. The van der Waals surface area contributed by atoms with Crippen LogP contribution in [0.2, 0.25) is 0 Å². The van der Waals surface area contributed by atoms with Crippen LogP contribution in [-0.4, -0.2) is 25.3 Å². The third kappa shape index (κ3) is 4.64. The first kappa shape index (κ1) is 18.0. The fourth-order valence-electron chi connectivity index (χ4n) is 2.32. The Morgan fingerprint density at radius 2 is 2.00 bits per heavy atom. The van der Waals surface area contributed by atoms with Gasteiger partial charge in [-0.15, -0.1) is 0 Å². The van der Waals surface area contributed by atoms with E-state index in [0.717, 1.165) is 15.6 Å². The summed E-state index contributed by atoms with van der Waals surface area (Å²) in [4.78, 5) is 23.7. The third-order valence-corrected chi connectivity index (χ3v) is 4.11. The molecule has 2 aromatic carbocycles. The molecule has 1 N–H and O–H groups in total. The number of aryl methyl sites for hydroxylation is 1. The molecule has 0 saturated heterocycles. The summed E-state index contributed by atoms with van der Waals surface area (Å²) in [6.07, 6.45) is 2.84. The predicted molar refractivity (Wildman–Crippen MR) is 100 cm³/mol. The Hall–Kier alpha value is -2.80. The third-order valence-electron chi connectivity index (χ3n) is 3.62. The van der Waals surface area contributed by atoms with Gasteiger partial charge in [0, 0.05) is 16.2 Å². The molecule has 0 bridgehead atoms. The molecule has 134 valence electrons. The fraction of sp³-hybridized carbons (Fsp3) is 0.158. The lowest BCUT2D eigenvalue weighted by Crippen LogP contribution is -2.20. The maximum Gasteiger partial charge on any atom is 0.331 e. The molecule has 2 aromatic rings. The molecular formula is C19H16BrNO5. The quantitative estimate of drug-likeness (QED) is 0.593. The fourth-order valence-corrected chi connectivity index (χ4v) is 2.80. The van der Waals surface area contributed by atoms with Crippen LogP contribution in [0.15, 0.2) is 46.9 Å². The molecule has 0 saturated carbocycles. The monoisotopic (exact) mass is 417 g/mol. The van der Waals surface area contributed by atoms with Gasteiger partial charge in [-0.2, -0.15) is 0 Å². The number of fused-ring (bicyclic) bond motifs is 1. The van der Waals surface area contributed by atoms with E-state index in [4.69, 9.17) is 14.2 Å². The highest BCUT2D eigenvalue weighted by atomic mass is 79.9. The zero-order valence-electron chi connectivity index (χ0n) is 14.0. The summed E-state index contributed by atoms with van der Waals surface area (Å²) in [5.74, 6) is 0.292. The average molecular weight is 418 g/mol. The lowest BCUT2D eigenvalue weighted by Gasteiger charge is -2.08. The normalized spacial score (nSPS) is 12.2. The van der Waals surface area contributed by atoms with E-state index in [1.807, 2.05) is 19.1 Å². The summed E-state index contributed by atoms with van der Waals surface area (Å²) in [7, 11) is 0. The van der Waals surface area contributed by atoms with Gasteiger partial charge in [0.2, 0.25) is 6.79 Å². The van der Waals surface area contributed by atoms with E-state index in [0.29, 0.717) is 17.2 Å². The maximum absolute atomic E-state index is 11.9. The molecule has 0 aromatic heterocycles. The molecule has 6 nitrogen and oxygen atoms in total. The zero-order valence-corrected chi connectivity index (χ0v) is 15.5. The largest absolute Gasteiger partial charge is 0.454 e. The molecule has 0 aliphatic carbocycles. The zero-order chi connectivity index (χ0) is 18.5. The molecule has 26 heavy (non-hydrogen) atoms. The van der Waals surface area contributed by atoms with Gasteiger partial charge in [0.1, 0.15) is 0 Å². The van der Waals surface area contributed by atoms with E-state index >= 15 is 0 Å². The van der Waals surface area contributed by atoms with Crippen LogP contribution in [0.1, 0.15) is 11.1 Å². The highest BCUT2D eigenvalue weighted by molar-refractivity contribution is 9.10. The Labute approximate surface area is 158 Å². The van der Waals surface area contributed by atoms with Gasteiger partial charge in [0.05, 0.1) is 0 Å². The summed E-state index contributed by atoms with van der Waals surface area (Å²) in [6, 6.07) is 10.8. The van der Waals surface area contributed by atoms with Gasteiger partial charge < -0.3 is 19.5 Å². The Morgan fingerprint density at radius 1 is 1.19 bits per heavy atom. The minimum absolute atomic E-state index is 0.192. The van der Waals surface area contributed by atoms with Gasteiger partial charge in [-0.25, -0.2) is 4.79 Å². The van der Waals surface area contributed by atoms with Gasteiger partial charge in [-0.3, -0.25) is 4.79 Å². The van der Waals surface area contributed by atoms with Crippen molar-refractivity contribution in [1.29, 1.82) is 0 Å². The minimum atomic E-state index is -0.606. The van der Waals surface area contributed by atoms with E-state index in [1.165, 1.54) is 6.08 Å². The van der Waals surface area contributed by atoms with Gasteiger partial charge in [-0.1, -0.05) is 22.0 Å². The Kier molecular flexibility index (Phi) is 5.58. The SMILES string of the molecule is Cc1cc(Br)ccc1NC(=O)COC(=O)C=Cc1ccc2c(c1)OCO2. The summed E-state index contributed by atoms with van der Waals surface area (Å²) < 4.78 is 16.4. The number of anilines is 1. The molecule has 1 amide bonds. The first-order valence-corrected chi connectivity index (χ1v) is 8.61. The molecule has 0 spiro atoms. The molecular weight excluding hydrogens is 402 g/mol. The van der Waals surface area contributed by atoms with Crippen LogP contribution in [0.25, 0.3) is 6.08 Å². The van der Waals surface area contributed by atoms with Gasteiger partial charge in [0.15, 0.2) is 18.1 Å². The van der Waals surface area contributed by atoms with Crippen LogP contribution in [0.3, 0.4) is 0 Å². The predicted octanol–water partition coefficient (Wildman–Crippen LogP) is 3.68. The Balaban J connectivity index is 1.49. The van der Waals surface area contributed by atoms with E-state index in [1.54, 1.807) is 30.3 Å². The number of hydrogen-bond donors (Lipinski definition) is 1. The van der Waals surface area contributed by atoms with Crippen molar-refractivity contribution in [1.82, 2.24) is 0 Å². The average Bonchev–Trinajstić information content (AvgIpc) is 3.08. The van der Waals surface area contributed by atoms with Crippen molar-refractivity contribution in [2.24, 2.45) is 0 Å². The number of benzene rings is 2. The summed E-state index contributed by atoms with van der Waals surface area (Å²) >= 11 is 3.36. The number of ether oxygens (including phenoxy) is 3. The summed E-state index contributed by atoms with van der Waals surface area (Å²) in [5.41, 5.74) is 2.34. The number of nitrogens with one attached hydrogen (secondary N) is 1. The lowest BCUT2D eigenvalue weighted by atomic mass is 10.2. The van der Waals surface area contributed by atoms with Gasteiger partial charge >= 0.3 is 5.97 Å². The first-order chi connectivity index (χ1) is 12.5. The molecule has 1 aliphatic rings. The first-order valence-electron chi connectivity index (χ1n) is 7.82. The van der Waals surface area contributed by atoms with Gasteiger partial charge in [-0.05, 0) is 54.5 Å². The molecule has 3 rings (SSSR count). The smallest absolute Gasteiger partial charge is 0.331 e. The second-order valence-corrected chi connectivity index (χ2v) is 6.48. The number of amides is 1. The van der Waals surface area contributed by atoms with Crippen LogP contribution in [0, 0.1) is 6.92 Å². The van der Waals surface area contributed by atoms with Crippen molar-refractivity contribution in [3.8, 4) is 11.5 Å². The van der Waals surface area contributed by atoms with Crippen LogP contribution >= 0.6 is 15.9 Å². The van der Waals surface area contributed by atoms with Crippen LogP contribution in [0.4, 0.5) is 5.69 Å². The van der Waals surface area contributed by atoms with Crippen LogP contribution in [0.5, 0.6) is 11.5 Å². The number of esters is 1. The Morgan fingerprint density at radius 3 is 2.81 bits per heavy atom. The number of halogens is 1. The second-order valence-electron chi connectivity index (χ2n) is 5.56. The van der Waals surface area contributed by atoms with Crippen molar-refractivity contribution in [2.45, 2.75) is 6.92 Å². The van der Waals surface area contributed by atoms with E-state index < -0.39 is 11.9 Å². The summed E-state index contributed by atoms with van der Waals surface area (Å²) in [6.45, 7) is 1.71. The molecule has 0 fully saturated rings. The van der Waals surface area contributed by atoms with E-state index in [-0.39, 0.29) is 13.4 Å². The molecule has 0 atom stereocenters. The highest BCUT2D eigenvalue weighted by Crippen LogP contribution is 2.32. The topological polar surface area (TPSA) is 73.9 Å². The Bertz CT molecular complexity index is 878. The number of carbonyl (C=O) groups excluding carboxylic acids is 2. The van der Waals surface area contributed by atoms with Crippen LogP contribution in [-0.2, 0) is 14.3 Å². The number of hydrogen-bond acceptors (Lipinski definition) is 5. The highest BCUT2D eigenvalue weighted by Gasteiger charge is 2.12. The minimum Gasteiger partial charge on any atom is -0.454 e. The molecule has 7 heteroatoms. The van der Waals surface area contributed by atoms with Gasteiger partial charge in [0.25, 0.3) is 5.91 Å². The molecule has 1 heterocycles. The number of carbonyl (C=O) groups is 2. The van der Waals surface area contributed by atoms with Crippen LogP contribution < -0.4 is 14.8 Å². The number of rotatable bonds is 5. The van der Waals surface area contributed by atoms with E-state index in [2.05, 4.69) is 21.2 Å².